The predicted molar refractivity (Wildman–Crippen MR) is 316 cm³/mol. The van der Waals surface area contributed by atoms with E-state index in [2.05, 4.69) is 154 Å². The summed E-state index contributed by atoms with van der Waals surface area (Å²) in [5, 5.41) is 9.81. The molecule has 428 valence electrons. The largest absolute Gasteiger partial charge is 0.472 e. The van der Waals surface area contributed by atoms with Gasteiger partial charge < -0.3 is 24.2 Å². The number of ether oxygens (including phenoxy) is 3. The molecule has 0 fully saturated rings. The van der Waals surface area contributed by atoms with Crippen LogP contribution in [0.5, 0.6) is 0 Å². The van der Waals surface area contributed by atoms with Gasteiger partial charge in [-0.05, 0) is 122 Å². The fourth-order valence-corrected chi connectivity index (χ4v) is 7.72. The molecule has 0 aliphatic heterocycles. The number of rotatable bonds is 51. The molecular weight excluding hydrogens is 976 g/mol. The van der Waals surface area contributed by atoms with E-state index in [4.69, 9.17) is 23.3 Å². The molecule has 0 aromatic heterocycles. The first-order chi connectivity index (χ1) is 37.2. The summed E-state index contributed by atoms with van der Waals surface area (Å²) in [5.41, 5.74) is 0. The Labute approximate surface area is 461 Å². The number of carbonyl (C=O) groups excluding carboxylic acids is 3. The maximum Gasteiger partial charge on any atom is 0.472 e. The van der Waals surface area contributed by atoms with Gasteiger partial charge in [0.25, 0.3) is 0 Å². The zero-order valence-corrected chi connectivity index (χ0v) is 48.0. The molecule has 3 atom stereocenters. The highest BCUT2D eigenvalue weighted by Crippen LogP contribution is 2.43. The highest BCUT2D eigenvalue weighted by molar-refractivity contribution is 7.47. The lowest BCUT2D eigenvalue weighted by Gasteiger charge is -2.21. The highest BCUT2D eigenvalue weighted by atomic mass is 31.2. The van der Waals surface area contributed by atoms with Crippen LogP contribution in [-0.4, -0.2) is 66.5 Å². The molecular formula is C64H101O11P. The molecule has 0 bridgehead atoms. The molecule has 0 radical (unpaired) electrons. The lowest BCUT2D eigenvalue weighted by molar-refractivity contribution is -0.161. The van der Waals surface area contributed by atoms with Gasteiger partial charge >= 0.3 is 25.7 Å². The molecule has 0 saturated carbocycles. The third kappa shape index (κ3) is 54.2. The van der Waals surface area contributed by atoms with Crippen molar-refractivity contribution in [2.24, 2.45) is 0 Å². The van der Waals surface area contributed by atoms with Crippen LogP contribution in [0.15, 0.2) is 146 Å². The quantitative estimate of drug-likeness (QED) is 0.0197. The maximum atomic E-state index is 12.9. The van der Waals surface area contributed by atoms with Crippen molar-refractivity contribution in [2.75, 3.05) is 26.4 Å². The van der Waals surface area contributed by atoms with Crippen LogP contribution in [-0.2, 0) is 42.2 Å². The topological polar surface area (TPSA) is 155 Å². The third-order valence-electron chi connectivity index (χ3n) is 11.2. The number of phosphoric ester groups is 1. The molecule has 0 spiro atoms. The van der Waals surface area contributed by atoms with E-state index in [1.165, 1.54) is 0 Å². The van der Waals surface area contributed by atoms with Crippen LogP contribution in [0.25, 0.3) is 0 Å². The van der Waals surface area contributed by atoms with Crippen LogP contribution in [0.4, 0.5) is 0 Å². The number of esters is 3. The van der Waals surface area contributed by atoms with Crippen LogP contribution >= 0.6 is 7.82 Å². The van der Waals surface area contributed by atoms with Crippen molar-refractivity contribution in [3.63, 3.8) is 0 Å². The fourth-order valence-electron chi connectivity index (χ4n) is 6.94. The number of hydrogen-bond acceptors (Lipinski definition) is 10. The molecule has 3 unspecified atom stereocenters. The SMILES string of the molecule is CC/C=C\C/C=C\C/C=C\C/C=C\C/C=C\C/C=C\CCC(=O)OC(COC(=O)CCCCCC/C=C\C/C=C\C/C=C\C/C=C\CC)COP(=O)(O)OCC(CO)OC(=O)CCCCCCC/C=C\C/C=C\CCC. The summed E-state index contributed by atoms with van der Waals surface area (Å²) in [7, 11) is -4.79. The minimum atomic E-state index is -4.79. The number of allylic oxidation sites excluding steroid dienone is 24. The Hall–Kier alpha value is -4.64. The van der Waals surface area contributed by atoms with Crippen molar-refractivity contribution >= 4 is 25.7 Å². The number of aliphatic hydroxyl groups is 1. The van der Waals surface area contributed by atoms with Gasteiger partial charge in [0.15, 0.2) is 6.10 Å². The second kappa shape index (κ2) is 56.6. The smallest absolute Gasteiger partial charge is 0.462 e. The van der Waals surface area contributed by atoms with Gasteiger partial charge in [-0.2, -0.15) is 0 Å². The number of aliphatic hydroxyl groups excluding tert-OH is 1. The predicted octanol–water partition coefficient (Wildman–Crippen LogP) is 17.1. The Morgan fingerprint density at radius 3 is 1.13 bits per heavy atom. The van der Waals surface area contributed by atoms with E-state index in [-0.39, 0.29) is 25.9 Å². The van der Waals surface area contributed by atoms with E-state index in [0.29, 0.717) is 25.7 Å². The Kier molecular flexibility index (Phi) is 53.1. The average molecular weight is 1080 g/mol. The van der Waals surface area contributed by atoms with E-state index < -0.39 is 57.8 Å². The normalized spacial score (nSPS) is 14.4. The van der Waals surface area contributed by atoms with Crippen LogP contribution in [0, 0.1) is 0 Å². The molecule has 76 heavy (non-hydrogen) atoms. The summed E-state index contributed by atoms with van der Waals surface area (Å²) >= 11 is 0. The molecule has 11 nitrogen and oxygen atoms in total. The van der Waals surface area contributed by atoms with Crippen molar-refractivity contribution in [1.82, 2.24) is 0 Å². The van der Waals surface area contributed by atoms with Gasteiger partial charge in [-0.3, -0.25) is 23.4 Å². The first-order valence-electron chi connectivity index (χ1n) is 28.7. The molecule has 0 aromatic carbocycles. The van der Waals surface area contributed by atoms with E-state index in [0.717, 1.165) is 135 Å². The summed E-state index contributed by atoms with van der Waals surface area (Å²) in [6.07, 6.45) is 72.5. The van der Waals surface area contributed by atoms with Gasteiger partial charge in [0, 0.05) is 19.3 Å². The molecule has 0 aliphatic carbocycles. The highest BCUT2D eigenvalue weighted by Gasteiger charge is 2.28. The number of unbranched alkanes of at least 4 members (excludes halogenated alkanes) is 10. The molecule has 0 heterocycles. The van der Waals surface area contributed by atoms with Crippen LogP contribution in [0.3, 0.4) is 0 Å². The number of hydrogen-bond donors (Lipinski definition) is 2. The molecule has 2 N–H and O–H groups in total. The van der Waals surface area contributed by atoms with Crippen LogP contribution in [0.2, 0.25) is 0 Å². The minimum Gasteiger partial charge on any atom is -0.462 e. The standard InChI is InChI=1S/C64H101O11P/c1-4-7-10-13-16-19-22-25-27-29-30-32-34-37-40-43-46-49-52-55-64(68)75-61(57-71-62(66)53-50-47-44-41-38-36-33-31-28-26-23-20-17-14-11-8-5-2)59-73-76(69,70)72-58-60(56-65)74-63(67)54-51-48-45-42-39-35-24-21-18-15-12-9-6-3/h7-8,10-12,15-17,19-21,24-28,30,32-33,36-37,40,46,49,60-61,65H,4-6,9,13-14,18,22-23,29,31,34-35,38-39,41-45,47-48,50-59H2,1-3H3,(H,69,70)/b10-7-,11-8-,15-12-,19-16-,20-17-,24-21-,27-25-,28-26-,32-30-,36-33-,40-37-,49-46-. The molecule has 0 amide bonds. The second-order valence-corrected chi connectivity index (χ2v) is 19.8. The zero-order valence-electron chi connectivity index (χ0n) is 47.2. The van der Waals surface area contributed by atoms with Gasteiger partial charge in [0.05, 0.1) is 19.8 Å². The Morgan fingerprint density at radius 2 is 0.711 bits per heavy atom. The Balaban J connectivity index is 4.93. The van der Waals surface area contributed by atoms with Crippen LogP contribution in [0.1, 0.15) is 201 Å². The summed E-state index contributed by atoms with van der Waals surface area (Å²) in [5.74, 6) is -1.63. The first kappa shape index (κ1) is 71.4. The van der Waals surface area contributed by atoms with Gasteiger partial charge in [0.2, 0.25) is 0 Å². The van der Waals surface area contributed by atoms with Crippen molar-refractivity contribution in [3.8, 4) is 0 Å². The summed E-state index contributed by atoms with van der Waals surface area (Å²) in [6, 6.07) is 0. The molecule has 0 rings (SSSR count). The van der Waals surface area contributed by atoms with E-state index >= 15 is 0 Å². The van der Waals surface area contributed by atoms with E-state index in [1.54, 1.807) is 0 Å². The summed E-state index contributed by atoms with van der Waals surface area (Å²) in [4.78, 5) is 48.5. The third-order valence-corrected chi connectivity index (χ3v) is 12.2. The fraction of sp³-hybridized carbons (Fsp3) is 0.578. The van der Waals surface area contributed by atoms with Gasteiger partial charge in [-0.1, -0.05) is 205 Å². The van der Waals surface area contributed by atoms with Gasteiger partial charge in [-0.15, -0.1) is 0 Å². The van der Waals surface area contributed by atoms with Crippen molar-refractivity contribution in [2.45, 2.75) is 213 Å². The summed E-state index contributed by atoms with van der Waals surface area (Å²) in [6.45, 7) is 4.19. The average Bonchev–Trinajstić information content (AvgIpc) is 3.41. The lowest BCUT2D eigenvalue weighted by Crippen LogP contribution is -2.30. The van der Waals surface area contributed by atoms with Gasteiger partial charge in [0.1, 0.15) is 12.7 Å². The number of phosphoric acid groups is 1. The second-order valence-electron chi connectivity index (χ2n) is 18.3. The Bertz CT molecular complexity index is 1830. The van der Waals surface area contributed by atoms with Crippen molar-refractivity contribution in [1.29, 1.82) is 0 Å². The lowest BCUT2D eigenvalue weighted by atomic mass is 10.1. The maximum absolute atomic E-state index is 12.9. The Morgan fingerprint density at radius 1 is 0.382 bits per heavy atom. The number of carbonyl (C=O) groups is 3. The summed E-state index contributed by atoms with van der Waals surface area (Å²) < 4.78 is 39.4. The molecule has 0 aliphatic rings. The molecule has 12 heteroatoms. The van der Waals surface area contributed by atoms with Crippen molar-refractivity contribution < 1.29 is 52.2 Å². The van der Waals surface area contributed by atoms with E-state index in [1.807, 2.05) is 12.2 Å². The molecule has 0 saturated heterocycles. The monoisotopic (exact) mass is 1080 g/mol. The van der Waals surface area contributed by atoms with Crippen LogP contribution < -0.4 is 0 Å². The molecule has 0 aromatic rings. The van der Waals surface area contributed by atoms with Gasteiger partial charge in [-0.25, -0.2) is 4.57 Å². The first-order valence-corrected chi connectivity index (χ1v) is 30.2. The van der Waals surface area contributed by atoms with Crippen molar-refractivity contribution in [3.05, 3.63) is 146 Å². The van der Waals surface area contributed by atoms with E-state index in [9.17, 15) is 28.9 Å². The minimum absolute atomic E-state index is 0.0272. The zero-order chi connectivity index (χ0) is 55.5.